The number of rotatable bonds is 6. The number of para-hydroxylation sites is 1. The lowest BCUT2D eigenvalue weighted by Gasteiger charge is -2.34. The van der Waals surface area contributed by atoms with Gasteiger partial charge in [0.1, 0.15) is 0 Å². The summed E-state index contributed by atoms with van der Waals surface area (Å²) in [5, 5.41) is 2.55. The van der Waals surface area contributed by atoms with Crippen molar-refractivity contribution in [3.05, 3.63) is 194 Å². The van der Waals surface area contributed by atoms with E-state index in [-0.39, 0.29) is 0 Å². The smallest absolute Gasteiger partial charge is 0.0546 e. The molecule has 1 aliphatic heterocycles. The highest BCUT2D eigenvalue weighted by molar-refractivity contribution is 6.13. The molecular formula is C46H32N2. The molecule has 8 aromatic rings. The fourth-order valence-corrected chi connectivity index (χ4v) is 7.12. The van der Waals surface area contributed by atoms with Gasteiger partial charge in [-0.25, -0.2) is 0 Å². The molecule has 0 saturated heterocycles. The molecule has 1 aliphatic rings. The van der Waals surface area contributed by atoms with Crippen molar-refractivity contribution in [2.75, 3.05) is 9.80 Å². The van der Waals surface area contributed by atoms with E-state index in [1.807, 2.05) is 0 Å². The van der Waals surface area contributed by atoms with E-state index in [0.29, 0.717) is 0 Å². The standard InChI is InChI=1S/C46H32N2/c1-3-12-33(13-4-1)35-24-26-38(27-25-35)47(41-19-9-18-37(32-41)34-14-5-2-6-15-34)39-28-30-40(31-29-39)48-44-22-8-7-20-42(44)43-21-10-16-36-17-11-23-45(48)46(36)43/h1-32H. The van der Waals surface area contributed by atoms with Gasteiger partial charge >= 0.3 is 0 Å². The molecule has 0 radical (unpaired) electrons. The number of hydrogen-bond donors (Lipinski definition) is 0. The van der Waals surface area contributed by atoms with E-state index >= 15 is 0 Å². The second-order valence-electron chi connectivity index (χ2n) is 12.2. The van der Waals surface area contributed by atoms with Crippen LogP contribution in [0.15, 0.2) is 194 Å². The van der Waals surface area contributed by atoms with Crippen molar-refractivity contribution in [3.8, 4) is 33.4 Å². The molecule has 0 amide bonds. The van der Waals surface area contributed by atoms with Crippen LogP contribution in [0.1, 0.15) is 0 Å². The number of anilines is 6. The van der Waals surface area contributed by atoms with Crippen LogP contribution < -0.4 is 9.80 Å². The summed E-state index contributed by atoms with van der Waals surface area (Å²) in [7, 11) is 0. The average molecular weight is 613 g/mol. The first kappa shape index (κ1) is 27.9. The minimum absolute atomic E-state index is 1.10. The van der Waals surface area contributed by atoms with Crippen LogP contribution in [0.3, 0.4) is 0 Å². The van der Waals surface area contributed by atoms with E-state index in [2.05, 4.69) is 204 Å². The summed E-state index contributed by atoms with van der Waals surface area (Å²) in [4.78, 5) is 4.76. The first-order valence-electron chi connectivity index (χ1n) is 16.4. The molecule has 1 heterocycles. The Bertz CT molecular complexity index is 2370. The van der Waals surface area contributed by atoms with Crippen LogP contribution in [0.5, 0.6) is 0 Å². The molecule has 0 unspecified atom stereocenters. The lowest BCUT2D eigenvalue weighted by Crippen LogP contribution is -2.15. The van der Waals surface area contributed by atoms with E-state index in [9.17, 15) is 0 Å². The third-order valence-corrected chi connectivity index (χ3v) is 9.37. The van der Waals surface area contributed by atoms with E-state index in [4.69, 9.17) is 0 Å². The monoisotopic (exact) mass is 612 g/mol. The number of fused-ring (bicyclic) bond motifs is 2. The van der Waals surface area contributed by atoms with E-state index in [1.54, 1.807) is 0 Å². The zero-order valence-corrected chi connectivity index (χ0v) is 26.4. The van der Waals surface area contributed by atoms with Gasteiger partial charge < -0.3 is 9.80 Å². The largest absolute Gasteiger partial charge is 0.310 e. The summed E-state index contributed by atoms with van der Waals surface area (Å²) in [5.41, 5.74) is 14.2. The summed E-state index contributed by atoms with van der Waals surface area (Å²) in [6, 6.07) is 69.8. The second kappa shape index (κ2) is 11.8. The molecule has 0 fully saturated rings. The molecule has 0 aromatic heterocycles. The first-order valence-corrected chi connectivity index (χ1v) is 16.4. The van der Waals surface area contributed by atoms with Gasteiger partial charge in [0.25, 0.3) is 0 Å². The fourth-order valence-electron chi connectivity index (χ4n) is 7.12. The van der Waals surface area contributed by atoms with Crippen LogP contribution in [0.4, 0.5) is 34.1 Å². The summed E-state index contributed by atoms with van der Waals surface area (Å²) in [6.07, 6.45) is 0. The minimum atomic E-state index is 1.10. The van der Waals surface area contributed by atoms with Crippen molar-refractivity contribution < 1.29 is 0 Å². The maximum absolute atomic E-state index is 2.41. The van der Waals surface area contributed by atoms with Crippen LogP contribution in [-0.2, 0) is 0 Å². The van der Waals surface area contributed by atoms with Crippen LogP contribution >= 0.6 is 0 Å². The lowest BCUT2D eigenvalue weighted by molar-refractivity contribution is 1.26. The lowest BCUT2D eigenvalue weighted by atomic mass is 9.91. The van der Waals surface area contributed by atoms with Crippen molar-refractivity contribution in [3.63, 3.8) is 0 Å². The molecular weight excluding hydrogens is 581 g/mol. The van der Waals surface area contributed by atoms with Crippen LogP contribution in [-0.4, -0.2) is 0 Å². The maximum atomic E-state index is 2.41. The van der Waals surface area contributed by atoms with Gasteiger partial charge in [0, 0.05) is 33.7 Å². The van der Waals surface area contributed by atoms with E-state index in [1.165, 1.54) is 55.5 Å². The van der Waals surface area contributed by atoms with E-state index < -0.39 is 0 Å². The number of benzene rings is 8. The van der Waals surface area contributed by atoms with Gasteiger partial charge in [-0.15, -0.1) is 0 Å². The van der Waals surface area contributed by atoms with Gasteiger partial charge in [0.15, 0.2) is 0 Å². The SMILES string of the molecule is c1ccc(-c2ccc(N(c3ccc(N4c5ccccc5-c5cccc6cccc4c56)cc3)c3cccc(-c4ccccc4)c3)cc2)cc1. The Kier molecular flexibility index (Phi) is 6.84. The van der Waals surface area contributed by atoms with Crippen molar-refractivity contribution in [1.29, 1.82) is 0 Å². The molecule has 9 rings (SSSR count). The van der Waals surface area contributed by atoms with Gasteiger partial charge in [-0.05, 0) is 93.9 Å². The second-order valence-corrected chi connectivity index (χ2v) is 12.2. The first-order chi connectivity index (χ1) is 23.8. The topological polar surface area (TPSA) is 6.48 Å². The average Bonchev–Trinajstić information content (AvgIpc) is 3.17. The van der Waals surface area contributed by atoms with Gasteiger partial charge in [-0.1, -0.05) is 133 Å². The molecule has 48 heavy (non-hydrogen) atoms. The minimum Gasteiger partial charge on any atom is -0.310 e. The van der Waals surface area contributed by atoms with Crippen molar-refractivity contribution in [2.45, 2.75) is 0 Å². The molecule has 0 saturated carbocycles. The fraction of sp³-hybridized carbons (Fsp3) is 0. The number of nitrogens with zero attached hydrogens (tertiary/aromatic N) is 2. The summed E-state index contributed by atoms with van der Waals surface area (Å²) < 4.78 is 0. The van der Waals surface area contributed by atoms with Crippen molar-refractivity contribution >= 4 is 44.9 Å². The Balaban J connectivity index is 1.16. The Morgan fingerprint density at radius 2 is 0.854 bits per heavy atom. The molecule has 2 nitrogen and oxygen atoms in total. The summed E-state index contributed by atoms with van der Waals surface area (Å²) in [5.74, 6) is 0. The highest BCUT2D eigenvalue weighted by Gasteiger charge is 2.25. The molecule has 0 atom stereocenters. The number of hydrogen-bond acceptors (Lipinski definition) is 2. The Morgan fingerprint density at radius 1 is 0.333 bits per heavy atom. The van der Waals surface area contributed by atoms with Crippen molar-refractivity contribution in [2.24, 2.45) is 0 Å². The molecule has 0 bridgehead atoms. The van der Waals surface area contributed by atoms with Gasteiger partial charge in [-0.2, -0.15) is 0 Å². The third-order valence-electron chi connectivity index (χ3n) is 9.37. The highest BCUT2D eigenvalue weighted by atomic mass is 15.2. The third kappa shape index (κ3) is 4.83. The molecule has 226 valence electrons. The molecule has 0 spiro atoms. The molecule has 0 aliphatic carbocycles. The molecule has 2 heteroatoms. The Hall–Kier alpha value is -6.38. The zero-order chi connectivity index (χ0) is 31.9. The highest BCUT2D eigenvalue weighted by Crippen LogP contribution is 2.51. The Morgan fingerprint density at radius 3 is 1.58 bits per heavy atom. The molecule has 8 aromatic carbocycles. The van der Waals surface area contributed by atoms with Gasteiger partial charge in [0.2, 0.25) is 0 Å². The van der Waals surface area contributed by atoms with Gasteiger partial charge in [-0.3, -0.25) is 0 Å². The summed E-state index contributed by atoms with van der Waals surface area (Å²) in [6.45, 7) is 0. The van der Waals surface area contributed by atoms with E-state index in [0.717, 1.165) is 22.7 Å². The predicted octanol–water partition coefficient (Wildman–Crippen LogP) is 13.1. The van der Waals surface area contributed by atoms with Crippen LogP contribution in [0.25, 0.3) is 44.2 Å². The zero-order valence-electron chi connectivity index (χ0n) is 26.4. The predicted molar refractivity (Wildman–Crippen MR) is 203 cm³/mol. The summed E-state index contributed by atoms with van der Waals surface area (Å²) >= 11 is 0. The van der Waals surface area contributed by atoms with Gasteiger partial charge in [0.05, 0.1) is 11.4 Å². The maximum Gasteiger partial charge on any atom is 0.0546 e. The Labute approximate surface area is 281 Å². The van der Waals surface area contributed by atoms with Crippen LogP contribution in [0, 0.1) is 0 Å². The quantitative estimate of drug-likeness (QED) is 0.184. The van der Waals surface area contributed by atoms with Crippen LogP contribution in [0.2, 0.25) is 0 Å². The normalized spacial score (nSPS) is 11.7. The van der Waals surface area contributed by atoms with Crippen molar-refractivity contribution in [1.82, 2.24) is 0 Å². The molecule has 0 N–H and O–H groups in total.